The number of aryl methyl sites for hydroxylation is 2. The minimum absolute atomic E-state index is 0.00548. The fraction of sp³-hybridized carbons (Fsp3) is 0.333. The zero-order chi connectivity index (χ0) is 17.2. The number of nitrogens with zero attached hydrogens (tertiary/aromatic N) is 1. The van der Waals surface area contributed by atoms with Crippen LogP contribution in [0.4, 0.5) is 24.0 Å². The minimum Gasteiger partial charge on any atom is -0.462 e. The maximum atomic E-state index is 13.1. The second kappa shape index (κ2) is 6.57. The summed E-state index contributed by atoms with van der Waals surface area (Å²) in [4.78, 5) is 14.7. The van der Waals surface area contributed by atoms with Crippen LogP contribution < -0.4 is 5.32 Å². The molecule has 1 heterocycles. The Balaban J connectivity index is 2.40. The van der Waals surface area contributed by atoms with Gasteiger partial charge in [-0.1, -0.05) is 23.5 Å². The van der Waals surface area contributed by atoms with Gasteiger partial charge in [0.05, 0.1) is 6.61 Å². The lowest BCUT2D eigenvalue weighted by molar-refractivity contribution is -0.141. The van der Waals surface area contributed by atoms with E-state index in [1.54, 1.807) is 6.07 Å². The molecule has 0 unspecified atom stereocenters. The first-order valence-corrected chi connectivity index (χ1v) is 7.63. The maximum absolute atomic E-state index is 13.1. The second-order valence-electron chi connectivity index (χ2n) is 4.86. The average molecular weight is 344 g/mol. The highest BCUT2D eigenvalue weighted by Crippen LogP contribution is 2.37. The summed E-state index contributed by atoms with van der Waals surface area (Å²) in [5.41, 5.74) is 1.23. The van der Waals surface area contributed by atoms with Crippen LogP contribution in [-0.2, 0) is 10.9 Å². The molecule has 0 spiro atoms. The molecule has 0 saturated heterocycles. The van der Waals surface area contributed by atoms with Crippen LogP contribution in [0.15, 0.2) is 18.2 Å². The molecule has 1 aromatic heterocycles. The van der Waals surface area contributed by atoms with Gasteiger partial charge in [-0.15, -0.1) is 0 Å². The first kappa shape index (κ1) is 17.3. The summed E-state index contributed by atoms with van der Waals surface area (Å²) in [5.74, 6) is -1.02. The van der Waals surface area contributed by atoms with Crippen LogP contribution in [0.25, 0.3) is 0 Å². The summed E-state index contributed by atoms with van der Waals surface area (Å²) in [7, 11) is 0. The highest BCUT2D eigenvalue weighted by Gasteiger charge is 2.40. The number of thiazole rings is 1. The van der Waals surface area contributed by atoms with Gasteiger partial charge in [0.2, 0.25) is 0 Å². The number of aromatic nitrogens is 1. The standard InChI is InChI=1S/C15H15F3N2O2S/c1-4-22-13(21)11-12(15(16,17)18)20-14(23-11)19-10-7-8(2)5-6-9(10)3/h5-7H,4H2,1-3H3,(H,19,20). The summed E-state index contributed by atoms with van der Waals surface area (Å²) >= 11 is 0.627. The number of halogens is 3. The van der Waals surface area contributed by atoms with E-state index in [-0.39, 0.29) is 11.7 Å². The highest BCUT2D eigenvalue weighted by molar-refractivity contribution is 7.17. The van der Waals surface area contributed by atoms with Gasteiger partial charge in [0.1, 0.15) is 4.88 Å². The number of ether oxygens (including phenoxy) is 1. The quantitative estimate of drug-likeness (QED) is 0.817. The van der Waals surface area contributed by atoms with Gasteiger partial charge in [0, 0.05) is 5.69 Å². The number of anilines is 2. The zero-order valence-electron chi connectivity index (χ0n) is 12.7. The van der Waals surface area contributed by atoms with E-state index < -0.39 is 22.7 Å². The molecule has 23 heavy (non-hydrogen) atoms. The van der Waals surface area contributed by atoms with Crippen LogP contribution in [0, 0.1) is 13.8 Å². The summed E-state index contributed by atoms with van der Waals surface area (Å²) in [6.07, 6.45) is -4.72. The Kier molecular flexibility index (Phi) is 4.93. The molecule has 1 N–H and O–H groups in total. The van der Waals surface area contributed by atoms with E-state index in [1.807, 2.05) is 26.0 Å². The topological polar surface area (TPSA) is 51.2 Å². The van der Waals surface area contributed by atoms with E-state index in [0.29, 0.717) is 17.0 Å². The molecule has 0 fully saturated rings. The molecular formula is C15H15F3N2O2S. The minimum atomic E-state index is -4.72. The van der Waals surface area contributed by atoms with Gasteiger partial charge >= 0.3 is 12.1 Å². The van der Waals surface area contributed by atoms with Crippen LogP contribution in [0.3, 0.4) is 0 Å². The van der Waals surface area contributed by atoms with Crippen molar-refractivity contribution in [2.45, 2.75) is 26.9 Å². The monoisotopic (exact) mass is 344 g/mol. The average Bonchev–Trinajstić information content (AvgIpc) is 2.87. The van der Waals surface area contributed by atoms with Crippen LogP contribution >= 0.6 is 11.3 Å². The molecule has 4 nitrogen and oxygen atoms in total. The normalized spacial score (nSPS) is 11.4. The smallest absolute Gasteiger partial charge is 0.435 e. The van der Waals surface area contributed by atoms with E-state index in [2.05, 4.69) is 15.0 Å². The molecule has 2 rings (SSSR count). The Morgan fingerprint density at radius 1 is 1.35 bits per heavy atom. The molecule has 0 aliphatic heterocycles. The lowest BCUT2D eigenvalue weighted by Crippen LogP contribution is -2.13. The Hall–Kier alpha value is -2.09. The van der Waals surface area contributed by atoms with Gasteiger partial charge < -0.3 is 10.1 Å². The zero-order valence-corrected chi connectivity index (χ0v) is 13.6. The number of hydrogen-bond donors (Lipinski definition) is 1. The van der Waals surface area contributed by atoms with Crippen LogP contribution in [0.1, 0.15) is 33.4 Å². The van der Waals surface area contributed by atoms with Gasteiger partial charge in [-0.05, 0) is 38.0 Å². The predicted molar refractivity (Wildman–Crippen MR) is 82.3 cm³/mol. The number of esters is 1. The SMILES string of the molecule is CCOC(=O)c1sc(Nc2cc(C)ccc2C)nc1C(F)(F)F. The van der Waals surface area contributed by atoms with E-state index in [9.17, 15) is 18.0 Å². The summed E-state index contributed by atoms with van der Waals surface area (Å²) in [5, 5.41) is 2.84. The molecule has 1 aromatic carbocycles. The molecule has 2 aromatic rings. The second-order valence-corrected chi connectivity index (χ2v) is 5.86. The van der Waals surface area contributed by atoms with Crippen molar-refractivity contribution in [2.75, 3.05) is 11.9 Å². The molecule has 0 amide bonds. The lowest BCUT2D eigenvalue weighted by Gasteiger charge is -2.07. The highest BCUT2D eigenvalue weighted by atomic mass is 32.1. The first-order valence-electron chi connectivity index (χ1n) is 6.81. The molecule has 0 aliphatic carbocycles. The summed E-state index contributed by atoms with van der Waals surface area (Å²) < 4.78 is 43.8. The summed E-state index contributed by atoms with van der Waals surface area (Å²) in [6.45, 7) is 5.22. The van der Waals surface area contributed by atoms with Crippen LogP contribution in [0.2, 0.25) is 0 Å². The third kappa shape index (κ3) is 4.01. The van der Waals surface area contributed by atoms with Crippen LogP contribution in [0.5, 0.6) is 0 Å². The fourth-order valence-corrected chi connectivity index (χ4v) is 2.78. The number of benzene rings is 1. The Bertz CT molecular complexity index is 726. The molecule has 0 saturated carbocycles. The maximum Gasteiger partial charge on any atom is 0.435 e. The predicted octanol–water partition coefficient (Wildman–Crippen LogP) is 4.70. The third-order valence-corrected chi connectivity index (χ3v) is 3.94. The molecule has 8 heteroatoms. The van der Waals surface area contributed by atoms with Gasteiger partial charge in [0.15, 0.2) is 10.8 Å². The Morgan fingerprint density at radius 2 is 2.04 bits per heavy atom. The third-order valence-electron chi connectivity index (χ3n) is 2.99. The van der Waals surface area contributed by atoms with Crippen molar-refractivity contribution in [3.05, 3.63) is 39.9 Å². The molecule has 0 aliphatic rings. The van der Waals surface area contributed by atoms with E-state index in [1.165, 1.54) is 6.92 Å². The van der Waals surface area contributed by atoms with Gasteiger partial charge in [-0.25, -0.2) is 9.78 Å². The van der Waals surface area contributed by atoms with Crippen molar-refractivity contribution in [2.24, 2.45) is 0 Å². The van der Waals surface area contributed by atoms with Crippen molar-refractivity contribution in [1.29, 1.82) is 0 Å². The molecule has 0 radical (unpaired) electrons. The molecule has 0 atom stereocenters. The van der Waals surface area contributed by atoms with Crippen LogP contribution in [-0.4, -0.2) is 17.6 Å². The van der Waals surface area contributed by atoms with E-state index >= 15 is 0 Å². The van der Waals surface area contributed by atoms with Crippen molar-refractivity contribution in [3.8, 4) is 0 Å². The number of carbonyl (C=O) groups excluding carboxylic acids is 1. The lowest BCUT2D eigenvalue weighted by atomic mass is 10.1. The van der Waals surface area contributed by atoms with E-state index in [0.717, 1.165) is 11.1 Å². The van der Waals surface area contributed by atoms with E-state index in [4.69, 9.17) is 0 Å². The number of nitrogens with one attached hydrogen (secondary N) is 1. The number of hydrogen-bond acceptors (Lipinski definition) is 5. The number of carbonyl (C=O) groups is 1. The van der Waals surface area contributed by atoms with Gasteiger partial charge in [-0.2, -0.15) is 13.2 Å². The molecule has 124 valence electrons. The molecule has 0 bridgehead atoms. The first-order chi connectivity index (χ1) is 10.7. The summed E-state index contributed by atoms with van der Waals surface area (Å²) in [6, 6.07) is 5.55. The number of rotatable bonds is 4. The fourth-order valence-electron chi connectivity index (χ4n) is 1.89. The van der Waals surface area contributed by atoms with Crippen molar-refractivity contribution < 1.29 is 22.7 Å². The Labute approximate surface area is 135 Å². The Morgan fingerprint density at radius 3 is 2.65 bits per heavy atom. The van der Waals surface area contributed by atoms with Gasteiger partial charge in [0.25, 0.3) is 0 Å². The van der Waals surface area contributed by atoms with Gasteiger partial charge in [-0.3, -0.25) is 0 Å². The largest absolute Gasteiger partial charge is 0.462 e. The number of alkyl halides is 3. The van der Waals surface area contributed by atoms with Crippen molar-refractivity contribution in [3.63, 3.8) is 0 Å². The van der Waals surface area contributed by atoms with Crippen molar-refractivity contribution in [1.82, 2.24) is 4.98 Å². The molecular weight excluding hydrogens is 329 g/mol. The van der Waals surface area contributed by atoms with Crippen molar-refractivity contribution >= 4 is 28.1 Å².